The predicted molar refractivity (Wildman–Crippen MR) is 176 cm³/mol. The second-order valence-electron chi connectivity index (χ2n) is 9.82. The van der Waals surface area contributed by atoms with E-state index in [1.54, 1.807) is 18.3 Å². The van der Waals surface area contributed by atoms with Crippen molar-refractivity contribution in [2.75, 3.05) is 44.0 Å². The van der Waals surface area contributed by atoms with Crippen molar-refractivity contribution in [2.24, 2.45) is 0 Å². The van der Waals surface area contributed by atoms with Crippen LogP contribution in [-0.2, 0) is 6.61 Å². The second kappa shape index (κ2) is 14.6. The fourth-order valence-corrected chi connectivity index (χ4v) is 5.77. The fourth-order valence-electron chi connectivity index (χ4n) is 4.25. The molecule has 7 nitrogen and oxygen atoms in total. The lowest BCUT2D eigenvalue weighted by atomic mass is 10.1. The molecule has 2 N–H and O–H groups in total. The van der Waals surface area contributed by atoms with Crippen molar-refractivity contribution in [3.63, 3.8) is 0 Å². The third-order valence-electron chi connectivity index (χ3n) is 6.38. The largest absolute Gasteiger partial charge is 0.489 e. The van der Waals surface area contributed by atoms with Crippen LogP contribution in [0, 0.1) is 0 Å². The number of anilines is 1. The Hall–Kier alpha value is -3.56. The first-order valence-electron chi connectivity index (χ1n) is 13.6. The molecule has 0 radical (unpaired) electrons. The van der Waals surface area contributed by atoms with E-state index < -0.39 is 0 Å². The molecule has 10 heteroatoms. The average Bonchev–Trinajstić information content (AvgIpc) is 3.44. The summed E-state index contributed by atoms with van der Waals surface area (Å²) in [5, 5.41) is 4.36. The van der Waals surface area contributed by atoms with E-state index in [0.29, 0.717) is 45.4 Å². The standard InChI is InChI=1S/C32H32Cl2N6OS/c1-40(2)17-19-42-18-16-36-32-35-15-14-27(37-32)30-29(38-31(39-30)28-25(33)12-7-13-26(28)34)23-10-6-11-24(20-23)41-21-22-8-4-3-5-9-22/h3-15,20H,16-19,21H2,1-2H3,(H,38,39)(H,35,36,37). The highest BCUT2D eigenvalue weighted by atomic mass is 35.5. The van der Waals surface area contributed by atoms with Crippen molar-refractivity contribution in [1.29, 1.82) is 0 Å². The van der Waals surface area contributed by atoms with E-state index in [2.05, 4.69) is 34.3 Å². The van der Waals surface area contributed by atoms with Gasteiger partial charge in [0, 0.05) is 36.4 Å². The first-order valence-corrected chi connectivity index (χ1v) is 15.5. The number of rotatable bonds is 13. The molecule has 3 aromatic carbocycles. The van der Waals surface area contributed by atoms with E-state index in [-0.39, 0.29) is 0 Å². The van der Waals surface area contributed by atoms with E-state index in [0.717, 1.165) is 47.2 Å². The van der Waals surface area contributed by atoms with Crippen LogP contribution in [0.5, 0.6) is 5.75 Å². The molecule has 0 saturated carbocycles. The van der Waals surface area contributed by atoms with Crippen molar-refractivity contribution in [1.82, 2.24) is 24.8 Å². The van der Waals surface area contributed by atoms with Gasteiger partial charge in [-0.25, -0.2) is 15.0 Å². The van der Waals surface area contributed by atoms with Crippen LogP contribution in [0.15, 0.2) is 85.1 Å². The van der Waals surface area contributed by atoms with Crippen LogP contribution in [0.3, 0.4) is 0 Å². The monoisotopic (exact) mass is 618 g/mol. The van der Waals surface area contributed by atoms with Crippen molar-refractivity contribution in [2.45, 2.75) is 6.61 Å². The summed E-state index contributed by atoms with van der Waals surface area (Å²) in [7, 11) is 4.17. The Balaban J connectivity index is 1.44. The minimum Gasteiger partial charge on any atom is -0.489 e. The highest BCUT2D eigenvalue weighted by Gasteiger charge is 2.20. The summed E-state index contributed by atoms with van der Waals surface area (Å²) in [6.45, 7) is 2.28. The Morgan fingerprint density at radius 1 is 0.905 bits per heavy atom. The van der Waals surface area contributed by atoms with Crippen molar-refractivity contribution in [3.8, 4) is 39.8 Å². The molecule has 2 heterocycles. The average molecular weight is 620 g/mol. The quantitative estimate of drug-likeness (QED) is 0.130. The van der Waals surface area contributed by atoms with E-state index in [1.807, 2.05) is 78.5 Å². The molecule has 0 saturated heterocycles. The zero-order valence-corrected chi connectivity index (χ0v) is 25.8. The molecular weight excluding hydrogens is 587 g/mol. The smallest absolute Gasteiger partial charge is 0.223 e. The third-order valence-corrected chi connectivity index (χ3v) is 7.98. The summed E-state index contributed by atoms with van der Waals surface area (Å²) < 4.78 is 6.11. The van der Waals surface area contributed by atoms with Crippen LogP contribution in [0.2, 0.25) is 10.0 Å². The molecule has 0 aliphatic carbocycles. The van der Waals surface area contributed by atoms with Crippen LogP contribution < -0.4 is 10.1 Å². The minimum atomic E-state index is 0.465. The number of imidazole rings is 1. The van der Waals surface area contributed by atoms with Gasteiger partial charge in [0.15, 0.2) is 0 Å². The van der Waals surface area contributed by atoms with E-state index in [4.69, 9.17) is 37.9 Å². The van der Waals surface area contributed by atoms with Crippen LogP contribution in [-0.4, -0.2) is 63.5 Å². The summed E-state index contributed by atoms with van der Waals surface area (Å²) in [6.07, 6.45) is 1.75. The number of halogens is 2. The van der Waals surface area contributed by atoms with Crippen LogP contribution in [0.1, 0.15) is 5.56 Å². The second-order valence-corrected chi connectivity index (χ2v) is 11.9. The van der Waals surface area contributed by atoms with Gasteiger partial charge in [-0.3, -0.25) is 0 Å². The number of H-pyrrole nitrogens is 1. The van der Waals surface area contributed by atoms with Gasteiger partial charge in [0.1, 0.15) is 18.2 Å². The number of thioether (sulfide) groups is 1. The summed E-state index contributed by atoms with van der Waals surface area (Å²) >= 11 is 15.0. The molecule has 0 atom stereocenters. The number of hydrogen-bond acceptors (Lipinski definition) is 7. The highest BCUT2D eigenvalue weighted by molar-refractivity contribution is 7.99. The van der Waals surface area contributed by atoms with Crippen molar-refractivity contribution in [3.05, 3.63) is 101 Å². The predicted octanol–water partition coefficient (Wildman–Crippen LogP) is 7.79. The van der Waals surface area contributed by atoms with Gasteiger partial charge in [0.05, 0.1) is 32.7 Å². The van der Waals surface area contributed by atoms with E-state index in [9.17, 15) is 0 Å². The Bertz CT molecular complexity index is 1590. The molecule has 0 unspecified atom stereocenters. The number of nitrogens with zero attached hydrogens (tertiary/aromatic N) is 4. The van der Waals surface area contributed by atoms with Crippen LogP contribution in [0.25, 0.3) is 34.0 Å². The molecule has 5 rings (SSSR count). The molecule has 42 heavy (non-hydrogen) atoms. The van der Waals surface area contributed by atoms with E-state index >= 15 is 0 Å². The molecule has 0 amide bonds. The van der Waals surface area contributed by atoms with Gasteiger partial charge in [-0.15, -0.1) is 0 Å². The molecule has 0 aliphatic rings. The van der Waals surface area contributed by atoms with Crippen LogP contribution >= 0.6 is 35.0 Å². The molecule has 0 spiro atoms. The lowest BCUT2D eigenvalue weighted by Crippen LogP contribution is -2.16. The first kappa shape index (κ1) is 29.9. The molecule has 5 aromatic rings. The van der Waals surface area contributed by atoms with Gasteiger partial charge in [-0.05, 0) is 50.0 Å². The SMILES string of the molecule is CN(C)CCSCCNc1nccc(-c2[nH]c(-c3c(Cl)cccc3Cl)nc2-c2cccc(OCc3ccccc3)c2)n1. The molecule has 2 aromatic heterocycles. The number of aromatic amines is 1. The van der Waals surface area contributed by atoms with Gasteiger partial charge in [0.2, 0.25) is 5.95 Å². The van der Waals surface area contributed by atoms with Gasteiger partial charge in [0.25, 0.3) is 0 Å². The van der Waals surface area contributed by atoms with Crippen molar-refractivity contribution < 1.29 is 4.74 Å². The van der Waals surface area contributed by atoms with Crippen LogP contribution in [0.4, 0.5) is 5.95 Å². The maximum absolute atomic E-state index is 6.57. The zero-order valence-electron chi connectivity index (χ0n) is 23.5. The lowest BCUT2D eigenvalue weighted by molar-refractivity contribution is 0.306. The maximum atomic E-state index is 6.57. The minimum absolute atomic E-state index is 0.465. The number of hydrogen-bond donors (Lipinski definition) is 2. The highest BCUT2D eigenvalue weighted by Crippen LogP contribution is 2.38. The van der Waals surface area contributed by atoms with E-state index in [1.165, 1.54) is 0 Å². The maximum Gasteiger partial charge on any atom is 0.223 e. The Kier molecular flexibility index (Phi) is 10.4. The van der Waals surface area contributed by atoms with Gasteiger partial charge in [-0.2, -0.15) is 11.8 Å². The van der Waals surface area contributed by atoms with Gasteiger partial charge < -0.3 is 19.9 Å². The molecular formula is C32H32Cl2N6OS. The van der Waals surface area contributed by atoms with Gasteiger partial charge in [-0.1, -0.05) is 71.7 Å². The molecule has 0 bridgehead atoms. The Morgan fingerprint density at radius 2 is 1.69 bits per heavy atom. The molecule has 216 valence electrons. The molecule has 0 aliphatic heterocycles. The summed E-state index contributed by atoms with van der Waals surface area (Å²) in [4.78, 5) is 19.9. The Morgan fingerprint density at radius 3 is 2.48 bits per heavy atom. The van der Waals surface area contributed by atoms with Crippen molar-refractivity contribution >= 4 is 40.9 Å². The summed E-state index contributed by atoms with van der Waals surface area (Å²) in [5.74, 6) is 3.88. The number of benzene rings is 3. The Labute approximate surface area is 260 Å². The fraction of sp³-hybridized carbons (Fsp3) is 0.219. The zero-order chi connectivity index (χ0) is 29.3. The topological polar surface area (TPSA) is 79.0 Å². The summed E-state index contributed by atoms with van der Waals surface area (Å²) in [5.41, 5.74) is 4.72. The van der Waals surface area contributed by atoms with Gasteiger partial charge >= 0.3 is 0 Å². The molecule has 0 fully saturated rings. The summed E-state index contributed by atoms with van der Waals surface area (Å²) in [6, 6.07) is 25.2. The number of nitrogens with one attached hydrogen (secondary N) is 2. The number of aromatic nitrogens is 4. The third kappa shape index (κ3) is 7.83. The lowest BCUT2D eigenvalue weighted by Gasteiger charge is -2.10. The first-order chi connectivity index (χ1) is 20.5. The number of ether oxygens (including phenoxy) is 1. The normalized spacial score (nSPS) is 11.2.